The molecule has 0 saturated heterocycles. The molecule has 1 aromatic carbocycles. The average molecular weight is 234 g/mol. The standard InChI is InChI=1S/C14H18OS/c1-5-13(15)16-10-11-6-8-12(9-7-11)14(2,3)4/h5-9H,1,10H2,2-4H3. The van der Waals surface area contributed by atoms with E-state index in [4.69, 9.17) is 0 Å². The van der Waals surface area contributed by atoms with Gasteiger partial charge in [0.25, 0.3) is 0 Å². The average Bonchev–Trinajstić information content (AvgIpc) is 2.25. The maximum Gasteiger partial charge on any atom is 0.211 e. The second kappa shape index (κ2) is 5.35. The molecule has 0 aliphatic rings. The van der Waals surface area contributed by atoms with Gasteiger partial charge in [0.2, 0.25) is 5.12 Å². The normalized spacial score (nSPS) is 11.2. The summed E-state index contributed by atoms with van der Waals surface area (Å²) in [4.78, 5) is 11.1. The van der Waals surface area contributed by atoms with Crippen LogP contribution in [0.4, 0.5) is 0 Å². The van der Waals surface area contributed by atoms with E-state index in [1.54, 1.807) is 0 Å². The molecule has 1 aromatic rings. The summed E-state index contributed by atoms with van der Waals surface area (Å²) in [6.07, 6.45) is 1.36. The first-order valence-corrected chi connectivity index (χ1v) is 6.30. The van der Waals surface area contributed by atoms with Gasteiger partial charge in [-0.05, 0) is 22.6 Å². The zero-order chi connectivity index (χ0) is 12.2. The third-order valence-corrected chi connectivity index (χ3v) is 3.30. The molecule has 0 unspecified atom stereocenters. The Morgan fingerprint density at radius 2 is 1.88 bits per heavy atom. The molecular formula is C14H18OS. The Balaban J connectivity index is 2.65. The first kappa shape index (κ1) is 13.0. The molecule has 0 atom stereocenters. The van der Waals surface area contributed by atoms with Crippen LogP contribution in [0.15, 0.2) is 36.9 Å². The fourth-order valence-electron chi connectivity index (χ4n) is 1.31. The molecule has 0 bridgehead atoms. The van der Waals surface area contributed by atoms with Crippen LogP contribution in [0, 0.1) is 0 Å². The van der Waals surface area contributed by atoms with E-state index in [9.17, 15) is 4.79 Å². The molecule has 16 heavy (non-hydrogen) atoms. The number of benzene rings is 1. The van der Waals surface area contributed by atoms with Gasteiger partial charge < -0.3 is 0 Å². The van der Waals surface area contributed by atoms with Crippen molar-refractivity contribution in [1.29, 1.82) is 0 Å². The SMILES string of the molecule is C=CC(=O)SCc1ccc(C(C)(C)C)cc1. The molecular weight excluding hydrogens is 216 g/mol. The van der Waals surface area contributed by atoms with Crippen LogP contribution in [0.3, 0.4) is 0 Å². The van der Waals surface area contributed by atoms with Crippen LogP contribution in [0.5, 0.6) is 0 Å². The topological polar surface area (TPSA) is 17.1 Å². The van der Waals surface area contributed by atoms with E-state index in [1.807, 2.05) is 0 Å². The largest absolute Gasteiger partial charge is 0.282 e. The molecule has 0 spiro atoms. The predicted molar refractivity (Wildman–Crippen MR) is 71.6 cm³/mol. The molecule has 0 N–H and O–H groups in total. The van der Waals surface area contributed by atoms with Crippen LogP contribution in [0.1, 0.15) is 31.9 Å². The van der Waals surface area contributed by atoms with E-state index < -0.39 is 0 Å². The van der Waals surface area contributed by atoms with Crippen molar-refractivity contribution in [2.24, 2.45) is 0 Å². The van der Waals surface area contributed by atoms with Gasteiger partial charge >= 0.3 is 0 Å². The summed E-state index contributed by atoms with van der Waals surface area (Å²) in [7, 11) is 0. The second-order valence-corrected chi connectivity index (χ2v) is 5.74. The molecule has 1 nitrogen and oxygen atoms in total. The van der Waals surface area contributed by atoms with Crippen LogP contribution < -0.4 is 0 Å². The molecule has 2 heteroatoms. The van der Waals surface area contributed by atoms with Crippen LogP contribution in [0.2, 0.25) is 0 Å². The summed E-state index contributed by atoms with van der Waals surface area (Å²) in [5.74, 6) is 0.718. The zero-order valence-electron chi connectivity index (χ0n) is 10.1. The predicted octanol–water partition coefficient (Wildman–Crippen LogP) is 3.93. The lowest BCUT2D eigenvalue weighted by atomic mass is 9.87. The van der Waals surface area contributed by atoms with Gasteiger partial charge in [-0.15, -0.1) is 0 Å². The lowest BCUT2D eigenvalue weighted by molar-refractivity contribution is -0.107. The van der Waals surface area contributed by atoms with Crippen molar-refractivity contribution < 1.29 is 4.79 Å². The zero-order valence-corrected chi connectivity index (χ0v) is 10.9. The first-order valence-electron chi connectivity index (χ1n) is 5.32. The van der Waals surface area contributed by atoms with E-state index >= 15 is 0 Å². The number of rotatable bonds is 3. The van der Waals surface area contributed by atoms with Gasteiger partial charge in [0.15, 0.2) is 0 Å². The van der Waals surface area contributed by atoms with Crippen molar-refractivity contribution >= 4 is 16.9 Å². The molecule has 1 rings (SSSR count). The van der Waals surface area contributed by atoms with Crippen molar-refractivity contribution in [3.8, 4) is 0 Å². The van der Waals surface area contributed by atoms with E-state index in [1.165, 1.54) is 29.0 Å². The van der Waals surface area contributed by atoms with Gasteiger partial charge in [-0.3, -0.25) is 4.79 Å². The molecule has 0 fully saturated rings. The maximum absolute atomic E-state index is 11.1. The Kier molecular flexibility index (Phi) is 4.36. The lowest BCUT2D eigenvalue weighted by Gasteiger charge is -2.19. The Bertz CT molecular complexity index is 371. The highest BCUT2D eigenvalue weighted by Gasteiger charge is 2.12. The van der Waals surface area contributed by atoms with E-state index in [0.29, 0.717) is 0 Å². The number of carbonyl (C=O) groups is 1. The summed E-state index contributed by atoms with van der Waals surface area (Å²) in [6, 6.07) is 8.44. The molecule has 0 aliphatic carbocycles. The van der Waals surface area contributed by atoms with Crippen molar-refractivity contribution in [1.82, 2.24) is 0 Å². The summed E-state index contributed by atoms with van der Waals surface area (Å²) in [6.45, 7) is 10.0. The fraction of sp³-hybridized carbons (Fsp3) is 0.357. The number of thioether (sulfide) groups is 1. The summed E-state index contributed by atoms with van der Waals surface area (Å²) >= 11 is 1.29. The molecule has 0 radical (unpaired) electrons. The molecule has 86 valence electrons. The number of carbonyl (C=O) groups excluding carboxylic acids is 1. The minimum Gasteiger partial charge on any atom is -0.282 e. The van der Waals surface area contributed by atoms with Gasteiger partial charge in [0.05, 0.1) is 0 Å². The molecule has 0 aromatic heterocycles. The third kappa shape index (κ3) is 3.86. The first-order chi connectivity index (χ1) is 7.43. The molecule has 0 amide bonds. The Morgan fingerprint density at radius 3 is 2.31 bits per heavy atom. The molecule has 0 saturated carbocycles. The van der Waals surface area contributed by atoms with E-state index in [-0.39, 0.29) is 10.5 Å². The van der Waals surface area contributed by atoms with Crippen LogP contribution in [-0.2, 0) is 16.0 Å². The quantitative estimate of drug-likeness (QED) is 0.737. The molecule has 0 aliphatic heterocycles. The van der Waals surface area contributed by atoms with Gasteiger partial charge in [-0.1, -0.05) is 63.4 Å². The fourth-order valence-corrected chi connectivity index (χ4v) is 1.93. The minimum atomic E-state index is 0.0277. The summed E-state index contributed by atoms with van der Waals surface area (Å²) in [5.41, 5.74) is 2.67. The third-order valence-electron chi connectivity index (χ3n) is 2.37. The van der Waals surface area contributed by atoms with Gasteiger partial charge in [-0.25, -0.2) is 0 Å². The van der Waals surface area contributed by atoms with Gasteiger partial charge in [0.1, 0.15) is 0 Å². The van der Waals surface area contributed by atoms with Gasteiger partial charge in [-0.2, -0.15) is 0 Å². The lowest BCUT2D eigenvalue weighted by Crippen LogP contribution is -2.10. The van der Waals surface area contributed by atoms with Gasteiger partial charge in [0, 0.05) is 5.75 Å². The molecule has 0 heterocycles. The minimum absolute atomic E-state index is 0.0277. The number of hydrogen-bond donors (Lipinski definition) is 0. The highest BCUT2D eigenvalue weighted by molar-refractivity contribution is 8.13. The highest BCUT2D eigenvalue weighted by atomic mass is 32.2. The highest BCUT2D eigenvalue weighted by Crippen LogP contribution is 2.23. The summed E-state index contributed by atoms with van der Waals surface area (Å²) in [5, 5.41) is 0.0277. The number of hydrogen-bond acceptors (Lipinski definition) is 2. The van der Waals surface area contributed by atoms with E-state index in [2.05, 4.69) is 51.6 Å². The second-order valence-electron chi connectivity index (χ2n) is 4.76. The summed E-state index contributed by atoms with van der Waals surface area (Å²) < 4.78 is 0. The van der Waals surface area contributed by atoms with Crippen molar-refractivity contribution in [2.75, 3.05) is 0 Å². The van der Waals surface area contributed by atoms with Crippen LogP contribution >= 0.6 is 11.8 Å². The van der Waals surface area contributed by atoms with E-state index in [0.717, 1.165) is 5.75 Å². The Labute approximate surface area is 102 Å². The Morgan fingerprint density at radius 1 is 1.31 bits per heavy atom. The van der Waals surface area contributed by atoms with Crippen molar-refractivity contribution in [2.45, 2.75) is 31.9 Å². The smallest absolute Gasteiger partial charge is 0.211 e. The Hall–Kier alpha value is -1.02. The maximum atomic E-state index is 11.1. The van der Waals surface area contributed by atoms with Crippen LogP contribution in [-0.4, -0.2) is 5.12 Å². The van der Waals surface area contributed by atoms with Crippen molar-refractivity contribution in [3.05, 3.63) is 48.0 Å². The van der Waals surface area contributed by atoms with Crippen LogP contribution in [0.25, 0.3) is 0 Å². The van der Waals surface area contributed by atoms with Crippen molar-refractivity contribution in [3.63, 3.8) is 0 Å². The monoisotopic (exact) mass is 234 g/mol.